The number of hydrogen-bond acceptors (Lipinski definition) is 2. The van der Waals surface area contributed by atoms with Gasteiger partial charge in [-0.2, -0.15) is 0 Å². The number of aryl methyl sites for hydroxylation is 1. The fraction of sp³-hybridized carbons (Fsp3) is 0.333. The van der Waals surface area contributed by atoms with E-state index in [1.165, 1.54) is 16.7 Å². The first kappa shape index (κ1) is 14.6. The topological polar surface area (TPSA) is 32.3 Å². The number of phenols is 1. The first-order chi connectivity index (χ1) is 9.70. The second kappa shape index (κ2) is 7.11. The fourth-order valence-corrected chi connectivity index (χ4v) is 2.62. The first-order valence-electron chi connectivity index (χ1n) is 7.25. The Labute approximate surface area is 121 Å². The van der Waals surface area contributed by atoms with E-state index in [1.807, 2.05) is 12.1 Å². The first-order valence-corrected chi connectivity index (χ1v) is 7.25. The van der Waals surface area contributed by atoms with Crippen molar-refractivity contribution in [3.05, 3.63) is 65.2 Å². The van der Waals surface area contributed by atoms with Crippen molar-refractivity contribution in [3.8, 4) is 5.75 Å². The van der Waals surface area contributed by atoms with Gasteiger partial charge in [-0.25, -0.2) is 0 Å². The summed E-state index contributed by atoms with van der Waals surface area (Å²) in [6.45, 7) is 6.22. The summed E-state index contributed by atoms with van der Waals surface area (Å²) in [5.74, 6) is 0.771. The van der Waals surface area contributed by atoms with Crippen LogP contribution < -0.4 is 5.32 Å². The molecule has 0 heterocycles. The highest BCUT2D eigenvalue weighted by Gasteiger charge is 2.14. The second-order valence-electron chi connectivity index (χ2n) is 5.24. The molecule has 0 fully saturated rings. The molecule has 2 aromatic carbocycles. The van der Waals surface area contributed by atoms with Crippen LogP contribution in [0.25, 0.3) is 0 Å². The molecule has 0 aliphatic heterocycles. The van der Waals surface area contributed by atoms with Gasteiger partial charge in [0.05, 0.1) is 0 Å². The molecule has 2 nitrogen and oxygen atoms in total. The minimum atomic E-state index is 0.342. The summed E-state index contributed by atoms with van der Waals surface area (Å²) in [5, 5.41) is 13.1. The van der Waals surface area contributed by atoms with E-state index in [1.54, 1.807) is 6.07 Å². The lowest BCUT2D eigenvalue weighted by molar-refractivity contribution is 0.474. The zero-order valence-corrected chi connectivity index (χ0v) is 12.3. The van der Waals surface area contributed by atoms with Gasteiger partial charge in [-0.05, 0) is 48.7 Å². The van der Waals surface area contributed by atoms with Crippen molar-refractivity contribution >= 4 is 0 Å². The number of likely N-dealkylation sites (N-methyl/N-ethyl adjacent to an activating group) is 1. The van der Waals surface area contributed by atoms with Crippen LogP contribution >= 0.6 is 0 Å². The van der Waals surface area contributed by atoms with E-state index in [4.69, 9.17) is 0 Å². The van der Waals surface area contributed by atoms with Crippen LogP contribution in [0.3, 0.4) is 0 Å². The number of benzene rings is 2. The van der Waals surface area contributed by atoms with Crippen LogP contribution in [0.1, 0.15) is 29.5 Å². The van der Waals surface area contributed by atoms with Crippen LogP contribution in [0.2, 0.25) is 0 Å². The average Bonchev–Trinajstić information content (AvgIpc) is 2.44. The van der Waals surface area contributed by atoms with E-state index < -0.39 is 0 Å². The molecule has 0 bridgehead atoms. The monoisotopic (exact) mass is 269 g/mol. The Morgan fingerprint density at radius 1 is 1.10 bits per heavy atom. The standard InChI is InChI=1S/C18H23NO/c1-3-19-13-16(18-10-5-4-7-14(18)2)11-15-8-6-9-17(20)12-15/h4-10,12,16,19-20H,3,11,13H2,1-2H3. The van der Waals surface area contributed by atoms with Crippen molar-refractivity contribution < 1.29 is 5.11 Å². The van der Waals surface area contributed by atoms with Gasteiger partial charge in [0.15, 0.2) is 0 Å². The highest BCUT2D eigenvalue weighted by Crippen LogP contribution is 2.24. The predicted octanol–water partition coefficient (Wildman–Crippen LogP) is 3.64. The molecule has 0 spiro atoms. The molecule has 0 amide bonds. The number of rotatable bonds is 6. The molecule has 1 atom stereocenters. The normalized spacial score (nSPS) is 12.3. The molecular formula is C18H23NO. The lowest BCUT2D eigenvalue weighted by Crippen LogP contribution is -2.23. The van der Waals surface area contributed by atoms with Crippen molar-refractivity contribution in [1.29, 1.82) is 0 Å². The Hall–Kier alpha value is -1.80. The number of nitrogens with one attached hydrogen (secondary N) is 1. The van der Waals surface area contributed by atoms with Crippen molar-refractivity contribution in [2.45, 2.75) is 26.2 Å². The van der Waals surface area contributed by atoms with Crippen molar-refractivity contribution in [2.24, 2.45) is 0 Å². The smallest absolute Gasteiger partial charge is 0.115 e. The Morgan fingerprint density at radius 2 is 1.90 bits per heavy atom. The Bertz CT molecular complexity index is 551. The summed E-state index contributed by atoms with van der Waals surface area (Å²) in [5.41, 5.74) is 3.89. The third-order valence-electron chi connectivity index (χ3n) is 3.66. The third kappa shape index (κ3) is 3.84. The quantitative estimate of drug-likeness (QED) is 0.839. The molecule has 2 N–H and O–H groups in total. The summed E-state index contributed by atoms with van der Waals surface area (Å²) in [6, 6.07) is 16.1. The summed E-state index contributed by atoms with van der Waals surface area (Å²) in [4.78, 5) is 0. The lowest BCUT2D eigenvalue weighted by atomic mass is 9.89. The molecule has 0 radical (unpaired) electrons. The second-order valence-corrected chi connectivity index (χ2v) is 5.24. The van der Waals surface area contributed by atoms with Crippen molar-refractivity contribution in [2.75, 3.05) is 13.1 Å². The number of phenolic OH excluding ortho intramolecular Hbond substituents is 1. The van der Waals surface area contributed by atoms with Gasteiger partial charge < -0.3 is 10.4 Å². The molecule has 0 saturated carbocycles. The molecule has 20 heavy (non-hydrogen) atoms. The Kier molecular flexibility index (Phi) is 5.19. The zero-order valence-electron chi connectivity index (χ0n) is 12.3. The maximum absolute atomic E-state index is 9.61. The van der Waals surface area contributed by atoms with Gasteiger partial charge in [-0.3, -0.25) is 0 Å². The maximum atomic E-state index is 9.61. The third-order valence-corrected chi connectivity index (χ3v) is 3.66. The summed E-state index contributed by atoms with van der Waals surface area (Å²) >= 11 is 0. The number of hydrogen-bond donors (Lipinski definition) is 2. The van der Waals surface area contributed by atoms with Gasteiger partial charge in [0.25, 0.3) is 0 Å². The molecule has 2 rings (SSSR count). The van der Waals surface area contributed by atoms with Gasteiger partial charge in [0, 0.05) is 12.5 Å². The van der Waals surface area contributed by atoms with E-state index in [0.717, 1.165) is 19.5 Å². The fourth-order valence-electron chi connectivity index (χ4n) is 2.62. The van der Waals surface area contributed by atoms with E-state index >= 15 is 0 Å². The van der Waals surface area contributed by atoms with E-state index in [2.05, 4.69) is 49.5 Å². The largest absolute Gasteiger partial charge is 0.508 e. The van der Waals surface area contributed by atoms with Gasteiger partial charge >= 0.3 is 0 Å². The minimum absolute atomic E-state index is 0.342. The van der Waals surface area contributed by atoms with Crippen LogP contribution in [0.15, 0.2) is 48.5 Å². The minimum Gasteiger partial charge on any atom is -0.508 e. The van der Waals surface area contributed by atoms with Crippen LogP contribution in [0, 0.1) is 6.92 Å². The van der Waals surface area contributed by atoms with E-state index in [9.17, 15) is 5.11 Å². The molecule has 2 heteroatoms. The van der Waals surface area contributed by atoms with Gasteiger partial charge in [0.2, 0.25) is 0 Å². The van der Waals surface area contributed by atoms with E-state index in [-0.39, 0.29) is 0 Å². The predicted molar refractivity (Wildman–Crippen MR) is 84.3 cm³/mol. The van der Waals surface area contributed by atoms with Crippen LogP contribution in [0.4, 0.5) is 0 Å². The summed E-state index contributed by atoms with van der Waals surface area (Å²) in [7, 11) is 0. The molecule has 0 aliphatic rings. The Balaban J connectivity index is 2.22. The van der Waals surface area contributed by atoms with Crippen molar-refractivity contribution in [1.82, 2.24) is 5.32 Å². The Morgan fingerprint density at radius 3 is 2.60 bits per heavy atom. The van der Waals surface area contributed by atoms with Crippen LogP contribution in [0.5, 0.6) is 5.75 Å². The molecule has 1 unspecified atom stereocenters. The SMILES string of the molecule is CCNCC(Cc1cccc(O)c1)c1ccccc1C. The van der Waals surface area contributed by atoms with Crippen LogP contribution in [-0.4, -0.2) is 18.2 Å². The van der Waals surface area contributed by atoms with Gasteiger partial charge in [-0.1, -0.05) is 43.3 Å². The van der Waals surface area contributed by atoms with Gasteiger partial charge in [-0.15, -0.1) is 0 Å². The zero-order chi connectivity index (χ0) is 14.4. The average molecular weight is 269 g/mol. The highest BCUT2D eigenvalue weighted by molar-refractivity contribution is 5.33. The molecule has 0 aliphatic carbocycles. The van der Waals surface area contributed by atoms with Gasteiger partial charge in [0.1, 0.15) is 5.75 Å². The maximum Gasteiger partial charge on any atom is 0.115 e. The molecular weight excluding hydrogens is 246 g/mol. The van der Waals surface area contributed by atoms with E-state index in [0.29, 0.717) is 11.7 Å². The lowest BCUT2D eigenvalue weighted by Gasteiger charge is -2.20. The van der Waals surface area contributed by atoms with Crippen LogP contribution in [-0.2, 0) is 6.42 Å². The molecule has 0 saturated heterocycles. The highest BCUT2D eigenvalue weighted by atomic mass is 16.3. The molecule has 0 aromatic heterocycles. The number of aromatic hydroxyl groups is 1. The molecule has 2 aromatic rings. The summed E-state index contributed by atoms with van der Waals surface area (Å²) in [6.07, 6.45) is 0.937. The molecule has 106 valence electrons. The summed E-state index contributed by atoms with van der Waals surface area (Å²) < 4.78 is 0. The van der Waals surface area contributed by atoms with Crippen molar-refractivity contribution in [3.63, 3.8) is 0 Å².